The van der Waals surface area contributed by atoms with Crippen molar-refractivity contribution >= 4 is 18.3 Å². The van der Waals surface area contributed by atoms with E-state index >= 15 is 0 Å². The van der Waals surface area contributed by atoms with Gasteiger partial charge in [-0.25, -0.2) is 0 Å². The first kappa shape index (κ1) is 15.7. The Morgan fingerprint density at radius 2 is 1.83 bits per heavy atom. The second-order valence-corrected chi connectivity index (χ2v) is 5.73. The molecule has 1 unspecified atom stereocenters. The van der Waals surface area contributed by atoms with E-state index in [0.29, 0.717) is 5.92 Å². The molecule has 1 saturated carbocycles. The summed E-state index contributed by atoms with van der Waals surface area (Å²) in [5, 5.41) is 9.54. The van der Waals surface area contributed by atoms with Crippen LogP contribution in [0.3, 0.4) is 0 Å². The molecule has 0 aromatic carbocycles. The number of amides is 1. The van der Waals surface area contributed by atoms with E-state index in [1.54, 1.807) is 0 Å². The summed E-state index contributed by atoms with van der Waals surface area (Å²) in [6.07, 6.45) is 5.37. The maximum Gasteiger partial charge on any atom is 0.242 e. The summed E-state index contributed by atoms with van der Waals surface area (Å²) >= 11 is 0. The van der Waals surface area contributed by atoms with Crippen LogP contribution in [0, 0.1) is 5.92 Å². The summed E-state index contributed by atoms with van der Waals surface area (Å²) in [5.41, 5.74) is 5.60. The first-order chi connectivity index (χ1) is 8.03. The zero-order valence-corrected chi connectivity index (χ0v) is 11.9. The number of aliphatic hydroxyl groups is 1. The number of rotatable bonds is 2. The Labute approximate surface area is 115 Å². The highest BCUT2D eigenvalue weighted by Gasteiger charge is 2.40. The number of hydrogen-bond donors (Lipinski definition) is 2. The van der Waals surface area contributed by atoms with Crippen molar-refractivity contribution in [1.29, 1.82) is 0 Å². The molecular weight excluding hydrogens is 252 g/mol. The first-order valence-electron chi connectivity index (χ1n) is 6.79. The Balaban J connectivity index is 0.00000162. The highest BCUT2D eigenvalue weighted by molar-refractivity contribution is 5.86. The molecule has 0 aromatic heterocycles. The van der Waals surface area contributed by atoms with Crippen molar-refractivity contribution in [1.82, 2.24) is 4.90 Å². The minimum Gasteiger partial charge on any atom is -0.393 e. The van der Waals surface area contributed by atoms with E-state index in [9.17, 15) is 9.90 Å². The molecule has 106 valence electrons. The van der Waals surface area contributed by atoms with Gasteiger partial charge in [0.1, 0.15) is 0 Å². The van der Waals surface area contributed by atoms with Gasteiger partial charge in [0.15, 0.2) is 0 Å². The Morgan fingerprint density at radius 3 is 2.28 bits per heavy atom. The van der Waals surface area contributed by atoms with Crippen LogP contribution >= 0.6 is 12.4 Å². The van der Waals surface area contributed by atoms with E-state index in [1.807, 2.05) is 11.8 Å². The molecule has 1 aliphatic heterocycles. The maximum atomic E-state index is 12.3. The predicted molar refractivity (Wildman–Crippen MR) is 73.6 cm³/mol. The fourth-order valence-electron chi connectivity index (χ4n) is 3.12. The van der Waals surface area contributed by atoms with Crippen LogP contribution in [-0.2, 0) is 4.79 Å². The SMILES string of the molecule is CC(O)C1CCN(C(=O)C2(N)CCCC2)CC1.Cl. The molecule has 1 aliphatic carbocycles. The van der Waals surface area contributed by atoms with Crippen molar-refractivity contribution in [2.75, 3.05) is 13.1 Å². The van der Waals surface area contributed by atoms with Gasteiger partial charge in [0, 0.05) is 13.1 Å². The average molecular weight is 277 g/mol. The molecular formula is C13H25ClN2O2. The summed E-state index contributed by atoms with van der Waals surface area (Å²) < 4.78 is 0. The maximum absolute atomic E-state index is 12.3. The smallest absolute Gasteiger partial charge is 0.242 e. The van der Waals surface area contributed by atoms with Gasteiger partial charge in [-0.1, -0.05) is 12.8 Å². The standard InChI is InChI=1S/C13H24N2O2.ClH/c1-10(16)11-4-8-15(9-5-11)12(17)13(14)6-2-3-7-13;/h10-11,16H,2-9,14H2,1H3;1H. The Bertz CT molecular complexity index is 283. The van der Waals surface area contributed by atoms with Crippen molar-refractivity contribution in [2.24, 2.45) is 11.7 Å². The second-order valence-electron chi connectivity index (χ2n) is 5.73. The second kappa shape index (κ2) is 6.22. The highest BCUT2D eigenvalue weighted by Crippen LogP contribution is 2.30. The van der Waals surface area contributed by atoms with Crippen LogP contribution in [0.25, 0.3) is 0 Å². The van der Waals surface area contributed by atoms with Crippen molar-refractivity contribution in [3.8, 4) is 0 Å². The van der Waals surface area contributed by atoms with E-state index in [0.717, 1.165) is 51.6 Å². The molecule has 0 bridgehead atoms. The predicted octanol–water partition coefficient (Wildman–Crippen LogP) is 1.30. The monoisotopic (exact) mass is 276 g/mol. The number of aliphatic hydroxyl groups excluding tert-OH is 1. The lowest BCUT2D eigenvalue weighted by Gasteiger charge is -2.37. The third-order valence-electron chi connectivity index (χ3n) is 4.43. The lowest BCUT2D eigenvalue weighted by atomic mass is 9.90. The van der Waals surface area contributed by atoms with Crippen molar-refractivity contribution in [3.63, 3.8) is 0 Å². The summed E-state index contributed by atoms with van der Waals surface area (Å²) in [4.78, 5) is 14.2. The quantitative estimate of drug-likeness (QED) is 0.799. The number of piperidine rings is 1. The molecule has 1 saturated heterocycles. The van der Waals surface area contributed by atoms with Crippen LogP contribution < -0.4 is 5.73 Å². The van der Waals surface area contributed by atoms with Crippen molar-refractivity contribution in [2.45, 2.75) is 57.1 Å². The number of nitrogens with zero attached hydrogens (tertiary/aromatic N) is 1. The molecule has 0 spiro atoms. The van der Waals surface area contributed by atoms with Gasteiger partial charge in [-0.3, -0.25) is 4.79 Å². The van der Waals surface area contributed by atoms with E-state index in [4.69, 9.17) is 5.73 Å². The molecule has 1 atom stereocenters. The van der Waals surface area contributed by atoms with Crippen LogP contribution in [-0.4, -0.2) is 40.6 Å². The minimum absolute atomic E-state index is 0. The van der Waals surface area contributed by atoms with Gasteiger partial charge in [0.05, 0.1) is 11.6 Å². The topological polar surface area (TPSA) is 66.6 Å². The van der Waals surface area contributed by atoms with Gasteiger partial charge < -0.3 is 15.7 Å². The molecule has 2 fully saturated rings. The van der Waals surface area contributed by atoms with Crippen molar-refractivity contribution < 1.29 is 9.90 Å². The number of nitrogens with two attached hydrogens (primary N) is 1. The Kier molecular flexibility index (Phi) is 5.44. The Hall–Kier alpha value is -0.320. The van der Waals surface area contributed by atoms with Gasteiger partial charge in [-0.05, 0) is 38.5 Å². The number of likely N-dealkylation sites (tertiary alicyclic amines) is 1. The van der Waals surface area contributed by atoms with Crippen LogP contribution in [0.4, 0.5) is 0 Å². The molecule has 2 aliphatic rings. The van der Waals surface area contributed by atoms with E-state index in [-0.39, 0.29) is 24.4 Å². The average Bonchev–Trinajstić information content (AvgIpc) is 2.76. The summed E-state index contributed by atoms with van der Waals surface area (Å²) in [7, 11) is 0. The minimum atomic E-state index is -0.586. The lowest BCUT2D eigenvalue weighted by Crippen LogP contribution is -2.55. The number of carbonyl (C=O) groups is 1. The molecule has 2 rings (SSSR count). The van der Waals surface area contributed by atoms with Crippen LogP contribution in [0.15, 0.2) is 0 Å². The van der Waals surface area contributed by atoms with Crippen molar-refractivity contribution in [3.05, 3.63) is 0 Å². The third-order valence-corrected chi connectivity index (χ3v) is 4.43. The van der Waals surface area contributed by atoms with Crippen LogP contribution in [0.1, 0.15) is 45.4 Å². The van der Waals surface area contributed by atoms with Gasteiger partial charge in [0.25, 0.3) is 0 Å². The molecule has 1 amide bonds. The number of hydrogen-bond acceptors (Lipinski definition) is 3. The number of carbonyl (C=O) groups excluding carboxylic acids is 1. The van der Waals surface area contributed by atoms with Gasteiger partial charge in [-0.2, -0.15) is 0 Å². The number of halogens is 1. The molecule has 4 nitrogen and oxygen atoms in total. The van der Waals surface area contributed by atoms with Crippen LogP contribution in [0.5, 0.6) is 0 Å². The van der Waals surface area contributed by atoms with Gasteiger partial charge in [0.2, 0.25) is 5.91 Å². The van der Waals surface area contributed by atoms with Gasteiger partial charge >= 0.3 is 0 Å². The fraction of sp³-hybridized carbons (Fsp3) is 0.923. The van der Waals surface area contributed by atoms with E-state index in [2.05, 4.69) is 0 Å². The zero-order valence-electron chi connectivity index (χ0n) is 11.1. The van der Waals surface area contributed by atoms with Crippen LogP contribution in [0.2, 0.25) is 0 Å². The summed E-state index contributed by atoms with van der Waals surface area (Å²) in [5.74, 6) is 0.482. The highest BCUT2D eigenvalue weighted by atomic mass is 35.5. The molecule has 3 N–H and O–H groups in total. The molecule has 0 aromatic rings. The summed E-state index contributed by atoms with van der Waals surface area (Å²) in [6.45, 7) is 3.35. The largest absolute Gasteiger partial charge is 0.393 e. The lowest BCUT2D eigenvalue weighted by molar-refractivity contribution is -0.138. The van der Waals surface area contributed by atoms with E-state index < -0.39 is 5.54 Å². The third kappa shape index (κ3) is 3.16. The van der Waals surface area contributed by atoms with Gasteiger partial charge in [-0.15, -0.1) is 12.4 Å². The molecule has 1 heterocycles. The zero-order chi connectivity index (χ0) is 12.5. The Morgan fingerprint density at radius 1 is 1.33 bits per heavy atom. The first-order valence-corrected chi connectivity index (χ1v) is 6.79. The summed E-state index contributed by atoms with van der Waals surface area (Å²) in [6, 6.07) is 0. The normalized spacial score (nSPS) is 25.6. The fourth-order valence-corrected chi connectivity index (χ4v) is 3.12. The molecule has 5 heteroatoms. The molecule has 18 heavy (non-hydrogen) atoms. The van der Waals surface area contributed by atoms with E-state index in [1.165, 1.54) is 0 Å². The molecule has 0 radical (unpaired) electrons.